The number of hydrogen-bond donors (Lipinski definition) is 1. The number of anilines is 1. The predicted octanol–water partition coefficient (Wildman–Crippen LogP) is 4.84. The molecule has 0 aliphatic rings. The number of aryl methyl sites for hydroxylation is 1. The van der Waals surface area contributed by atoms with Crippen molar-refractivity contribution in [1.29, 1.82) is 0 Å². The SMILES string of the molecule is C=C(/C(=C/C)[C@H](C)CC)c1cc(CC)ccc1N. The lowest BCUT2D eigenvalue weighted by Crippen LogP contribution is -2.03. The summed E-state index contributed by atoms with van der Waals surface area (Å²) in [5.74, 6) is 0.521. The van der Waals surface area contributed by atoms with Gasteiger partial charge in [0, 0.05) is 11.3 Å². The first kappa shape index (κ1) is 14.6. The third-order valence-electron chi connectivity index (χ3n) is 3.65. The summed E-state index contributed by atoms with van der Waals surface area (Å²) in [5, 5.41) is 0. The van der Waals surface area contributed by atoms with Crippen molar-refractivity contribution in [3.8, 4) is 0 Å². The Kier molecular flexibility index (Phi) is 5.21. The fourth-order valence-electron chi connectivity index (χ4n) is 2.22. The summed E-state index contributed by atoms with van der Waals surface area (Å²) in [7, 11) is 0. The van der Waals surface area contributed by atoms with Gasteiger partial charge in [0.2, 0.25) is 0 Å². The molecule has 0 radical (unpaired) electrons. The maximum Gasteiger partial charge on any atom is 0.0393 e. The van der Waals surface area contributed by atoms with Crippen LogP contribution in [0.4, 0.5) is 5.69 Å². The van der Waals surface area contributed by atoms with E-state index in [4.69, 9.17) is 5.73 Å². The van der Waals surface area contributed by atoms with Crippen molar-refractivity contribution in [3.05, 3.63) is 47.6 Å². The van der Waals surface area contributed by atoms with Gasteiger partial charge in [-0.1, -0.05) is 39.5 Å². The molecular weight excluding hydrogens is 218 g/mol. The third-order valence-corrected chi connectivity index (χ3v) is 3.65. The smallest absolute Gasteiger partial charge is 0.0393 e. The molecule has 0 saturated heterocycles. The van der Waals surface area contributed by atoms with Crippen LogP contribution in [0.5, 0.6) is 0 Å². The van der Waals surface area contributed by atoms with Crippen LogP contribution >= 0.6 is 0 Å². The van der Waals surface area contributed by atoms with Crippen molar-refractivity contribution in [2.75, 3.05) is 5.73 Å². The van der Waals surface area contributed by atoms with Crippen LogP contribution < -0.4 is 5.73 Å². The van der Waals surface area contributed by atoms with E-state index in [1.54, 1.807) is 0 Å². The normalized spacial score (nSPS) is 13.4. The number of hydrogen-bond acceptors (Lipinski definition) is 1. The van der Waals surface area contributed by atoms with Crippen LogP contribution in [0.25, 0.3) is 5.57 Å². The molecule has 2 N–H and O–H groups in total. The molecule has 0 saturated carbocycles. The first-order valence-electron chi connectivity index (χ1n) is 6.79. The number of rotatable bonds is 5. The van der Waals surface area contributed by atoms with Gasteiger partial charge in [-0.3, -0.25) is 0 Å². The van der Waals surface area contributed by atoms with E-state index in [2.05, 4.69) is 52.5 Å². The Morgan fingerprint density at radius 2 is 2.06 bits per heavy atom. The molecule has 1 aromatic carbocycles. The van der Waals surface area contributed by atoms with E-state index in [-0.39, 0.29) is 0 Å². The number of nitrogen functional groups attached to an aromatic ring is 1. The molecule has 98 valence electrons. The van der Waals surface area contributed by atoms with Crippen LogP contribution in [-0.2, 0) is 6.42 Å². The molecule has 0 aliphatic heterocycles. The van der Waals surface area contributed by atoms with Crippen LogP contribution in [0.3, 0.4) is 0 Å². The summed E-state index contributed by atoms with van der Waals surface area (Å²) in [6.45, 7) is 12.9. The van der Waals surface area contributed by atoms with Crippen LogP contribution in [0, 0.1) is 5.92 Å². The fourth-order valence-corrected chi connectivity index (χ4v) is 2.22. The Morgan fingerprint density at radius 3 is 2.56 bits per heavy atom. The minimum atomic E-state index is 0.521. The summed E-state index contributed by atoms with van der Waals surface area (Å²) in [4.78, 5) is 0. The largest absolute Gasteiger partial charge is 0.398 e. The van der Waals surface area contributed by atoms with Gasteiger partial charge in [0.15, 0.2) is 0 Å². The van der Waals surface area contributed by atoms with Gasteiger partial charge in [-0.2, -0.15) is 0 Å². The Labute approximate surface area is 111 Å². The molecule has 0 fully saturated rings. The van der Waals surface area contributed by atoms with Gasteiger partial charge in [-0.15, -0.1) is 0 Å². The zero-order chi connectivity index (χ0) is 13.7. The predicted molar refractivity (Wildman–Crippen MR) is 82.5 cm³/mol. The molecule has 1 nitrogen and oxygen atoms in total. The van der Waals surface area contributed by atoms with E-state index < -0.39 is 0 Å². The zero-order valence-corrected chi connectivity index (χ0v) is 12.1. The molecule has 0 amide bonds. The lowest BCUT2D eigenvalue weighted by molar-refractivity contribution is 0.673. The highest BCUT2D eigenvalue weighted by Gasteiger charge is 2.13. The van der Waals surface area contributed by atoms with Crippen LogP contribution in [0.1, 0.15) is 45.2 Å². The molecule has 0 heterocycles. The van der Waals surface area contributed by atoms with Crippen LogP contribution in [0.2, 0.25) is 0 Å². The average molecular weight is 243 g/mol. The molecule has 1 rings (SSSR count). The van der Waals surface area contributed by atoms with E-state index >= 15 is 0 Å². The molecule has 0 spiro atoms. The van der Waals surface area contributed by atoms with Crippen molar-refractivity contribution in [2.24, 2.45) is 5.92 Å². The first-order chi connectivity index (χ1) is 8.54. The van der Waals surface area contributed by atoms with Gasteiger partial charge < -0.3 is 5.73 Å². The summed E-state index contributed by atoms with van der Waals surface area (Å²) in [6.07, 6.45) is 4.30. The minimum absolute atomic E-state index is 0.521. The maximum absolute atomic E-state index is 6.09. The lowest BCUT2D eigenvalue weighted by atomic mass is 9.87. The third kappa shape index (κ3) is 3.04. The second-order valence-corrected chi connectivity index (χ2v) is 4.81. The summed E-state index contributed by atoms with van der Waals surface area (Å²) in [5.41, 5.74) is 11.7. The highest BCUT2D eigenvalue weighted by Crippen LogP contribution is 2.32. The van der Waals surface area contributed by atoms with E-state index in [9.17, 15) is 0 Å². The van der Waals surface area contributed by atoms with Gasteiger partial charge >= 0.3 is 0 Å². The average Bonchev–Trinajstić information content (AvgIpc) is 2.39. The Hall–Kier alpha value is -1.50. The van der Waals surface area contributed by atoms with Gasteiger partial charge in [0.25, 0.3) is 0 Å². The van der Waals surface area contributed by atoms with Gasteiger partial charge in [0.1, 0.15) is 0 Å². The molecule has 0 bridgehead atoms. The van der Waals surface area contributed by atoms with E-state index in [1.807, 2.05) is 6.07 Å². The molecule has 18 heavy (non-hydrogen) atoms. The topological polar surface area (TPSA) is 26.0 Å². The fraction of sp³-hybridized carbons (Fsp3) is 0.412. The van der Waals surface area contributed by atoms with Gasteiger partial charge in [-0.25, -0.2) is 0 Å². The van der Waals surface area contributed by atoms with Crippen molar-refractivity contribution in [3.63, 3.8) is 0 Å². The standard InChI is InChI=1S/C17H25N/c1-6-12(4)15(8-3)13(5)16-11-14(7-2)9-10-17(16)18/h8-12H,5-7,18H2,1-4H3/b15-8+/t12-/m1/s1. The number of nitrogens with two attached hydrogens (primary N) is 1. The number of benzene rings is 1. The zero-order valence-electron chi connectivity index (χ0n) is 12.1. The summed E-state index contributed by atoms with van der Waals surface area (Å²) >= 11 is 0. The Balaban J connectivity index is 3.17. The highest BCUT2D eigenvalue weighted by atomic mass is 14.6. The second kappa shape index (κ2) is 6.44. The summed E-state index contributed by atoms with van der Waals surface area (Å²) < 4.78 is 0. The highest BCUT2D eigenvalue weighted by molar-refractivity contribution is 5.84. The van der Waals surface area contributed by atoms with Gasteiger partial charge in [-0.05, 0) is 54.5 Å². The monoisotopic (exact) mass is 243 g/mol. The quantitative estimate of drug-likeness (QED) is 0.581. The molecule has 0 aromatic heterocycles. The van der Waals surface area contributed by atoms with E-state index in [1.165, 1.54) is 11.1 Å². The Bertz CT molecular complexity index is 455. The lowest BCUT2D eigenvalue weighted by Gasteiger charge is -2.18. The Morgan fingerprint density at radius 1 is 1.39 bits per heavy atom. The number of allylic oxidation sites excluding steroid dienone is 3. The minimum Gasteiger partial charge on any atom is -0.398 e. The molecule has 1 heteroatoms. The molecule has 0 unspecified atom stereocenters. The van der Waals surface area contributed by atoms with E-state index in [0.717, 1.165) is 29.7 Å². The first-order valence-corrected chi connectivity index (χ1v) is 6.79. The van der Waals surface area contributed by atoms with Crippen molar-refractivity contribution >= 4 is 11.3 Å². The van der Waals surface area contributed by atoms with Crippen LogP contribution in [0.15, 0.2) is 36.4 Å². The van der Waals surface area contributed by atoms with Crippen molar-refractivity contribution < 1.29 is 0 Å². The second-order valence-electron chi connectivity index (χ2n) is 4.81. The molecular formula is C17H25N. The van der Waals surface area contributed by atoms with Gasteiger partial charge in [0.05, 0.1) is 0 Å². The van der Waals surface area contributed by atoms with Crippen molar-refractivity contribution in [2.45, 2.75) is 40.5 Å². The molecule has 1 aromatic rings. The molecule has 1 atom stereocenters. The van der Waals surface area contributed by atoms with Crippen molar-refractivity contribution in [1.82, 2.24) is 0 Å². The van der Waals surface area contributed by atoms with E-state index in [0.29, 0.717) is 5.92 Å². The maximum atomic E-state index is 6.09. The molecule has 0 aliphatic carbocycles. The summed E-state index contributed by atoms with van der Waals surface area (Å²) in [6, 6.07) is 6.25. The van der Waals surface area contributed by atoms with Crippen LogP contribution in [-0.4, -0.2) is 0 Å².